The zero-order chi connectivity index (χ0) is 17.9. The number of amides is 1. The largest absolute Gasteiger partial charge is 0.454 e. The minimum absolute atomic E-state index is 0.244. The van der Waals surface area contributed by atoms with Gasteiger partial charge in [0.1, 0.15) is 5.82 Å². The predicted octanol–water partition coefficient (Wildman–Crippen LogP) is 3.50. The molecule has 0 spiro atoms. The monoisotopic (exact) mass is 354 g/mol. The Labute approximate surface area is 152 Å². The molecule has 7 heteroatoms. The van der Waals surface area contributed by atoms with Crippen LogP contribution in [0.15, 0.2) is 30.5 Å². The maximum absolute atomic E-state index is 11.8. The summed E-state index contributed by atoms with van der Waals surface area (Å²) >= 11 is 0. The molecule has 26 heavy (non-hydrogen) atoms. The molecule has 0 bridgehead atoms. The Bertz CT molecular complexity index is 805. The molecule has 1 aromatic carbocycles. The Morgan fingerprint density at radius 1 is 1.19 bits per heavy atom. The number of carbonyl (C=O) groups is 1. The smallest absolute Gasteiger partial charge is 0.231 e. The first-order valence-electron chi connectivity index (χ1n) is 8.86. The van der Waals surface area contributed by atoms with Crippen LogP contribution in [0.3, 0.4) is 0 Å². The van der Waals surface area contributed by atoms with Gasteiger partial charge in [0.05, 0.1) is 17.6 Å². The van der Waals surface area contributed by atoms with Crippen molar-refractivity contribution in [3.05, 3.63) is 30.5 Å². The van der Waals surface area contributed by atoms with Gasteiger partial charge < -0.3 is 25.0 Å². The van der Waals surface area contributed by atoms with E-state index < -0.39 is 0 Å². The van der Waals surface area contributed by atoms with Gasteiger partial charge in [-0.15, -0.1) is 0 Å². The fourth-order valence-corrected chi connectivity index (χ4v) is 3.56. The number of carbonyl (C=O) groups excluding carboxylic acids is 1. The molecule has 2 heterocycles. The third-order valence-corrected chi connectivity index (χ3v) is 4.91. The number of ether oxygens (including phenoxy) is 2. The molecule has 1 aliphatic carbocycles. The highest BCUT2D eigenvalue weighted by Gasteiger charge is 2.25. The van der Waals surface area contributed by atoms with Crippen molar-refractivity contribution in [2.24, 2.45) is 0 Å². The van der Waals surface area contributed by atoms with E-state index in [4.69, 9.17) is 9.47 Å². The molecule has 136 valence electrons. The second kappa shape index (κ2) is 7.11. The number of anilines is 4. The molecule has 0 atom stereocenters. The Morgan fingerprint density at radius 2 is 2.00 bits per heavy atom. The van der Waals surface area contributed by atoms with Gasteiger partial charge in [-0.25, -0.2) is 4.98 Å². The van der Waals surface area contributed by atoms with Crippen molar-refractivity contribution in [2.75, 3.05) is 29.4 Å². The highest BCUT2D eigenvalue weighted by atomic mass is 16.7. The summed E-state index contributed by atoms with van der Waals surface area (Å²) < 4.78 is 10.7. The average molecular weight is 354 g/mol. The molecular weight excluding hydrogens is 332 g/mol. The van der Waals surface area contributed by atoms with Crippen molar-refractivity contribution in [1.82, 2.24) is 4.98 Å². The first-order valence-corrected chi connectivity index (χ1v) is 8.86. The van der Waals surface area contributed by atoms with Crippen molar-refractivity contribution < 1.29 is 14.3 Å². The summed E-state index contributed by atoms with van der Waals surface area (Å²) in [7, 11) is 1.84. The maximum Gasteiger partial charge on any atom is 0.231 e. The van der Waals surface area contributed by atoms with Crippen LogP contribution in [0.4, 0.5) is 22.9 Å². The lowest BCUT2D eigenvalue weighted by molar-refractivity contribution is -0.107. The van der Waals surface area contributed by atoms with Crippen molar-refractivity contribution in [3.63, 3.8) is 0 Å². The van der Waals surface area contributed by atoms with Crippen LogP contribution >= 0.6 is 0 Å². The zero-order valence-corrected chi connectivity index (χ0v) is 14.7. The first-order chi connectivity index (χ1) is 12.8. The summed E-state index contributed by atoms with van der Waals surface area (Å²) in [4.78, 5) is 18.1. The third kappa shape index (κ3) is 3.12. The molecule has 2 aliphatic rings. The standard InChI is InChI=1S/C19H22N4O3/c1-20-15-10-21-19(9-16(15)23(11-24)14-4-2-3-5-14)22-13-6-7-17-18(8-13)26-12-25-17/h6-11,14,20H,2-5,12H2,1H3,(H,21,22). The molecule has 1 aromatic heterocycles. The van der Waals surface area contributed by atoms with Crippen LogP contribution in [0.25, 0.3) is 0 Å². The van der Waals surface area contributed by atoms with E-state index in [0.29, 0.717) is 11.6 Å². The Kier molecular flexibility index (Phi) is 4.51. The van der Waals surface area contributed by atoms with Gasteiger partial charge in [0.2, 0.25) is 13.2 Å². The van der Waals surface area contributed by atoms with E-state index >= 15 is 0 Å². The van der Waals surface area contributed by atoms with Crippen LogP contribution in [0.2, 0.25) is 0 Å². The molecule has 0 saturated heterocycles. The second-order valence-corrected chi connectivity index (χ2v) is 6.48. The summed E-state index contributed by atoms with van der Waals surface area (Å²) in [6.45, 7) is 0.244. The second-order valence-electron chi connectivity index (χ2n) is 6.48. The SMILES string of the molecule is CNc1cnc(Nc2ccc3c(c2)OCO3)cc1N(C=O)C1CCCC1. The molecule has 1 saturated carbocycles. The maximum atomic E-state index is 11.8. The quantitative estimate of drug-likeness (QED) is 0.773. The van der Waals surface area contributed by atoms with Gasteiger partial charge >= 0.3 is 0 Å². The fraction of sp³-hybridized carbons (Fsp3) is 0.368. The van der Waals surface area contributed by atoms with Gasteiger partial charge in [0.25, 0.3) is 0 Å². The molecule has 4 rings (SSSR count). The molecule has 0 radical (unpaired) electrons. The van der Waals surface area contributed by atoms with Crippen LogP contribution in [-0.2, 0) is 4.79 Å². The van der Waals surface area contributed by atoms with Crippen molar-refractivity contribution >= 4 is 29.3 Å². The van der Waals surface area contributed by atoms with Gasteiger partial charge in [0.15, 0.2) is 11.5 Å². The molecule has 0 unspecified atom stereocenters. The summed E-state index contributed by atoms with van der Waals surface area (Å²) in [5.41, 5.74) is 2.52. The fourth-order valence-electron chi connectivity index (χ4n) is 3.56. The summed E-state index contributed by atoms with van der Waals surface area (Å²) in [5, 5.41) is 6.41. The molecule has 1 aliphatic heterocycles. The van der Waals surface area contributed by atoms with Crippen LogP contribution in [0, 0.1) is 0 Å². The van der Waals surface area contributed by atoms with Gasteiger partial charge in [-0.2, -0.15) is 0 Å². The van der Waals surface area contributed by atoms with Crippen LogP contribution < -0.4 is 25.0 Å². The summed E-state index contributed by atoms with van der Waals surface area (Å²) in [5.74, 6) is 2.12. The van der Waals surface area contributed by atoms with Gasteiger partial charge in [-0.1, -0.05) is 12.8 Å². The number of hydrogen-bond donors (Lipinski definition) is 2. The number of nitrogens with zero attached hydrogens (tertiary/aromatic N) is 2. The lowest BCUT2D eigenvalue weighted by atomic mass is 10.2. The average Bonchev–Trinajstić information content (AvgIpc) is 3.34. The zero-order valence-electron chi connectivity index (χ0n) is 14.7. The third-order valence-electron chi connectivity index (χ3n) is 4.91. The normalized spacial score (nSPS) is 15.7. The minimum Gasteiger partial charge on any atom is -0.454 e. The van der Waals surface area contributed by atoms with E-state index in [9.17, 15) is 4.79 Å². The number of benzene rings is 1. The predicted molar refractivity (Wildman–Crippen MR) is 100 cm³/mol. The number of hydrogen-bond acceptors (Lipinski definition) is 6. The molecule has 2 N–H and O–H groups in total. The highest BCUT2D eigenvalue weighted by Crippen LogP contribution is 2.36. The molecule has 1 fully saturated rings. The van der Waals surface area contributed by atoms with E-state index in [2.05, 4.69) is 15.6 Å². The lowest BCUT2D eigenvalue weighted by Gasteiger charge is -2.27. The molecule has 1 amide bonds. The van der Waals surface area contributed by atoms with Crippen molar-refractivity contribution in [2.45, 2.75) is 31.7 Å². The van der Waals surface area contributed by atoms with Gasteiger partial charge in [-0.3, -0.25) is 4.79 Å². The van der Waals surface area contributed by atoms with Crippen molar-refractivity contribution in [3.8, 4) is 11.5 Å². The lowest BCUT2D eigenvalue weighted by Crippen LogP contribution is -2.32. The highest BCUT2D eigenvalue weighted by molar-refractivity contribution is 5.85. The van der Waals surface area contributed by atoms with E-state index in [1.807, 2.05) is 36.2 Å². The molecular formula is C19H22N4O3. The number of rotatable bonds is 6. The van der Waals surface area contributed by atoms with Crippen molar-refractivity contribution in [1.29, 1.82) is 0 Å². The number of fused-ring (bicyclic) bond motifs is 1. The minimum atomic E-state index is 0.244. The molecule has 2 aromatic rings. The number of aromatic nitrogens is 1. The van der Waals surface area contributed by atoms with Crippen LogP contribution in [0.1, 0.15) is 25.7 Å². The van der Waals surface area contributed by atoms with E-state index in [1.165, 1.54) is 0 Å². The summed E-state index contributed by atoms with van der Waals surface area (Å²) in [6.07, 6.45) is 7.07. The van der Waals surface area contributed by atoms with Gasteiger partial charge in [-0.05, 0) is 25.0 Å². The Morgan fingerprint density at radius 3 is 2.77 bits per heavy atom. The van der Waals surface area contributed by atoms with E-state index in [1.54, 1.807) is 6.20 Å². The molecule has 7 nitrogen and oxygen atoms in total. The Balaban J connectivity index is 1.62. The first kappa shape index (κ1) is 16.5. The number of nitrogens with one attached hydrogen (secondary N) is 2. The van der Waals surface area contributed by atoms with Gasteiger partial charge in [0, 0.05) is 30.9 Å². The topological polar surface area (TPSA) is 75.7 Å². The van der Waals surface area contributed by atoms with E-state index in [-0.39, 0.29) is 12.8 Å². The van der Waals surface area contributed by atoms with Crippen LogP contribution in [0.5, 0.6) is 11.5 Å². The number of pyridine rings is 1. The van der Waals surface area contributed by atoms with Crippen LogP contribution in [-0.4, -0.2) is 31.3 Å². The summed E-state index contributed by atoms with van der Waals surface area (Å²) in [6, 6.07) is 7.81. The van der Waals surface area contributed by atoms with E-state index in [0.717, 1.165) is 54.9 Å². The Hall–Kier alpha value is -2.96.